The van der Waals surface area contributed by atoms with Crippen molar-refractivity contribution in [1.82, 2.24) is 5.43 Å². The normalized spacial score (nSPS) is 11.1. The van der Waals surface area contributed by atoms with Crippen molar-refractivity contribution in [3.05, 3.63) is 59.2 Å². The molecule has 2 aromatic carbocycles. The Hall–Kier alpha value is -2.40. The summed E-state index contributed by atoms with van der Waals surface area (Å²) in [5.74, 6) is 0.233. The number of benzene rings is 2. The maximum absolute atomic E-state index is 9.29. The summed E-state index contributed by atoms with van der Waals surface area (Å²) in [5, 5.41) is 17.2. The number of rotatable bonds is 3. The summed E-state index contributed by atoms with van der Waals surface area (Å²) in [4.78, 5) is 0. The van der Waals surface area contributed by atoms with Crippen molar-refractivity contribution in [2.45, 2.75) is 20.8 Å². The summed E-state index contributed by atoms with van der Waals surface area (Å²) in [5.41, 5.74) is 7.80. The predicted octanol–water partition coefficient (Wildman–Crippen LogP) is 3.72. The summed E-state index contributed by atoms with van der Waals surface area (Å²) in [6, 6.07) is 12.9. The van der Waals surface area contributed by atoms with Crippen molar-refractivity contribution in [1.29, 1.82) is 0 Å². The van der Waals surface area contributed by atoms with Crippen LogP contribution in [0.4, 0.5) is 5.69 Å². The van der Waals surface area contributed by atoms with Gasteiger partial charge in [-0.25, -0.2) is 0 Å². The van der Waals surface area contributed by atoms with Crippen LogP contribution in [0.3, 0.4) is 0 Å². The second-order valence-electron chi connectivity index (χ2n) is 5.08. The van der Waals surface area contributed by atoms with Gasteiger partial charge in [0.15, 0.2) is 5.11 Å². The molecule has 0 aliphatic rings. The van der Waals surface area contributed by atoms with Gasteiger partial charge in [-0.1, -0.05) is 18.2 Å². The lowest BCUT2D eigenvalue weighted by molar-refractivity contribution is 0.475. The summed E-state index contributed by atoms with van der Waals surface area (Å²) in [6.45, 7) is 5.94. The first kappa shape index (κ1) is 16.0. The number of para-hydroxylation sites is 1. The number of hydrogen-bond acceptors (Lipinski definition) is 3. The van der Waals surface area contributed by atoms with E-state index in [9.17, 15) is 5.11 Å². The summed E-state index contributed by atoms with van der Waals surface area (Å²) >= 11 is 5.28. The molecular formula is C17H19N3OS. The Morgan fingerprint density at radius 2 is 1.64 bits per heavy atom. The van der Waals surface area contributed by atoms with Crippen LogP contribution in [0.25, 0.3) is 0 Å². The molecule has 0 saturated carbocycles. The molecule has 2 rings (SSSR count). The molecule has 2 aromatic rings. The van der Waals surface area contributed by atoms with E-state index in [2.05, 4.69) is 15.8 Å². The highest BCUT2D eigenvalue weighted by molar-refractivity contribution is 7.80. The highest BCUT2D eigenvalue weighted by Crippen LogP contribution is 2.19. The zero-order chi connectivity index (χ0) is 16.1. The molecule has 3 N–H and O–H groups in total. The molecule has 4 nitrogen and oxygen atoms in total. The lowest BCUT2D eigenvalue weighted by Gasteiger charge is -2.13. The smallest absolute Gasteiger partial charge is 0.191 e. The second-order valence-corrected chi connectivity index (χ2v) is 5.49. The molecular weight excluding hydrogens is 294 g/mol. The SMILES string of the molecule is CC(=NNC(=S)Nc1c(C)cccc1C)c1ccc(O)cc1. The third-order valence-electron chi connectivity index (χ3n) is 3.33. The minimum absolute atomic E-state index is 0.233. The summed E-state index contributed by atoms with van der Waals surface area (Å²) < 4.78 is 0. The fourth-order valence-corrected chi connectivity index (χ4v) is 2.20. The number of hydrogen-bond donors (Lipinski definition) is 3. The van der Waals surface area contributed by atoms with Crippen LogP contribution in [-0.2, 0) is 0 Å². The molecule has 0 amide bonds. The Bertz CT molecular complexity index is 688. The van der Waals surface area contributed by atoms with Gasteiger partial charge in [0.25, 0.3) is 0 Å². The quantitative estimate of drug-likeness (QED) is 0.459. The number of anilines is 1. The molecule has 22 heavy (non-hydrogen) atoms. The molecule has 0 aromatic heterocycles. The number of nitrogens with one attached hydrogen (secondary N) is 2. The Balaban J connectivity index is 2.03. The van der Waals surface area contributed by atoms with Gasteiger partial charge in [-0.15, -0.1) is 0 Å². The molecule has 5 heteroatoms. The average Bonchev–Trinajstić information content (AvgIpc) is 2.49. The molecule has 0 spiro atoms. The minimum atomic E-state index is 0.233. The number of phenolic OH excluding ortho intramolecular Hbond substituents is 1. The first-order valence-corrected chi connectivity index (χ1v) is 7.35. The fourth-order valence-electron chi connectivity index (χ4n) is 2.05. The van der Waals surface area contributed by atoms with Crippen LogP contribution < -0.4 is 10.7 Å². The van der Waals surface area contributed by atoms with Crippen LogP contribution in [0.1, 0.15) is 23.6 Å². The number of hydrazone groups is 1. The molecule has 0 radical (unpaired) electrons. The number of nitrogens with zero attached hydrogens (tertiary/aromatic N) is 1. The van der Waals surface area contributed by atoms with Gasteiger partial charge in [-0.05, 0) is 73.9 Å². The Kier molecular flexibility index (Phi) is 5.12. The maximum Gasteiger partial charge on any atom is 0.191 e. The van der Waals surface area contributed by atoms with E-state index in [4.69, 9.17) is 12.2 Å². The van der Waals surface area contributed by atoms with Crippen molar-refractivity contribution < 1.29 is 5.11 Å². The lowest BCUT2D eigenvalue weighted by Crippen LogP contribution is -2.25. The molecule has 0 unspecified atom stereocenters. The molecule has 114 valence electrons. The topological polar surface area (TPSA) is 56.7 Å². The Labute approximate surface area is 135 Å². The first-order valence-electron chi connectivity index (χ1n) is 6.94. The van der Waals surface area contributed by atoms with Gasteiger partial charge in [-0.3, -0.25) is 5.43 Å². The van der Waals surface area contributed by atoms with E-state index in [1.54, 1.807) is 24.3 Å². The maximum atomic E-state index is 9.29. The van der Waals surface area contributed by atoms with Gasteiger partial charge in [0.2, 0.25) is 0 Å². The van der Waals surface area contributed by atoms with Crippen LogP contribution in [0, 0.1) is 13.8 Å². The van der Waals surface area contributed by atoms with Crippen LogP contribution in [0.5, 0.6) is 5.75 Å². The van der Waals surface area contributed by atoms with Gasteiger partial charge in [0.1, 0.15) is 5.75 Å². The third kappa shape index (κ3) is 4.05. The monoisotopic (exact) mass is 313 g/mol. The third-order valence-corrected chi connectivity index (χ3v) is 3.52. The molecule has 0 bridgehead atoms. The van der Waals surface area contributed by atoms with Crippen molar-refractivity contribution in [2.24, 2.45) is 5.10 Å². The standard InChI is InChI=1S/C17H19N3OS/c1-11-5-4-6-12(2)16(11)18-17(22)20-19-13(3)14-7-9-15(21)10-8-14/h4-10,21H,1-3H3,(H2,18,20,22). The average molecular weight is 313 g/mol. The van der Waals surface area contributed by atoms with E-state index in [0.717, 1.165) is 28.1 Å². The fraction of sp³-hybridized carbons (Fsp3) is 0.176. The Morgan fingerprint density at radius 3 is 2.23 bits per heavy atom. The first-order chi connectivity index (χ1) is 10.5. The van der Waals surface area contributed by atoms with Crippen LogP contribution in [-0.4, -0.2) is 15.9 Å². The van der Waals surface area contributed by atoms with E-state index in [0.29, 0.717) is 5.11 Å². The number of aromatic hydroxyl groups is 1. The highest BCUT2D eigenvalue weighted by atomic mass is 32.1. The summed E-state index contributed by atoms with van der Waals surface area (Å²) in [6.07, 6.45) is 0. The molecule has 0 heterocycles. The van der Waals surface area contributed by atoms with Gasteiger partial charge in [0, 0.05) is 5.69 Å². The number of aryl methyl sites for hydroxylation is 2. The van der Waals surface area contributed by atoms with Gasteiger partial charge < -0.3 is 10.4 Å². The van der Waals surface area contributed by atoms with Crippen molar-refractivity contribution in [3.8, 4) is 5.75 Å². The second kappa shape index (κ2) is 7.04. The van der Waals surface area contributed by atoms with E-state index in [-0.39, 0.29) is 5.75 Å². The van der Waals surface area contributed by atoms with E-state index < -0.39 is 0 Å². The van der Waals surface area contributed by atoms with Gasteiger partial charge in [0.05, 0.1) is 5.71 Å². The Morgan fingerprint density at radius 1 is 1.05 bits per heavy atom. The minimum Gasteiger partial charge on any atom is -0.508 e. The zero-order valence-corrected chi connectivity index (χ0v) is 13.7. The predicted molar refractivity (Wildman–Crippen MR) is 95.6 cm³/mol. The molecule has 0 atom stereocenters. The van der Waals surface area contributed by atoms with E-state index in [1.165, 1.54) is 0 Å². The number of phenols is 1. The molecule has 0 saturated heterocycles. The highest BCUT2D eigenvalue weighted by Gasteiger charge is 2.04. The molecule has 0 aliphatic carbocycles. The van der Waals surface area contributed by atoms with Crippen LogP contribution in [0.15, 0.2) is 47.6 Å². The van der Waals surface area contributed by atoms with E-state index in [1.807, 2.05) is 39.0 Å². The van der Waals surface area contributed by atoms with Gasteiger partial charge in [-0.2, -0.15) is 5.10 Å². The zero-order valence-electron chi connectivity index (χ0n) is 12.8. The van der Waals surface area contributed by atoms with Crippen molar-refractivity contribution in [3.63, 3.8) is 0 Å². The summed E-state index contributed by atoms with van der Waals surface area (Å²) in [7, 11) is 0. The van der Waals surface area contributed by atoms with E-state index >= 15 is 0 Å². The molecule has 0 aliphatic heterocycles. The largest absolute Gasteiger partial charge is 0.508 e. The lowest BCUT2D eigenvalue weighted by atomic mass is 10.1. The van der Waals surface area contributed by atoms with Crippen LogP contribution in [0.2, 0.25) is 0 Å². The van der Waals surface area contributed by atoms with Gasteiger partial charge >= 0.3 is 0 Å². The number of thiocarbonyl (C=S) groups is 1. The molecule has 0 fully saturated rings. The van der Waals surface area contributed by atoms with Crippen LogP contribution >= 0.6 is 12.2 Å². The van der Waals surface area contributed by atoms with Crippen molar-refractivity contribution in [2.75, 3.05) is 5.32 Å². The van der Waals surface area contributed by atoms with Crippen molar-refractivity contribution >= 4 is 28.7 Å².